The first kappa shape index (κ1) is 12.2. The van der Waals surface area contributed by atoms with Crippen LogP contribution in [0.1, 0.15) is 50.2 Å². The first-order chi connectivity index (χ1) is 8.73. The van der Waals surface area contributed by atoms with Gasteiger partial charge in [-0.3, -0.25) is 0 Å². The van der Waals surface area contributed by atoms with Gasteiger partial charge >= 0.3 is 0 Å². The average molecular weight is 244 g/mol. The number of hydrogen-bond acceptors (Lipinski definition) is 1. The summed E-state index contributed by atoms with van der Waals surface area (Å²) >= 11 is 0. The van der Waals surface area contributed by atoms with Crippen LogP contribution in [-0.4, -0.2) is 10.7 Å². The van der Waals surface area contributed by atoms with Crippen LogP contribution in [0.15, 0.2) is 24.3 Å². The molecule has 3 rings (SSSR count). The zero-order valence-corrected chi connectivity index (χ0v) is 11.4. The SMILES string of the molecule is CCC1CCCCC1C1(O)Cc2ccccc2C1. The van der Waals surface area contributed by atoms with Gasteiger partial charge in [0.25, 0.3) is 0 Å². The molecule has 2 aliphatic carbocycles. The fourth-order valence-corrected chi connectivity index (χ4v) is 4.29. The summed E-state index contributed by atoms with van der Waals surface area (Å²) in [4.78, 5) is 0. The molecule has 0 bridgehead atoms. The summed E-state index contributed by atoms with van der Waals surface area (Å²) in [6.45, 7) is 2.29. The van der Waals surface area contributed by atoms with E-state index in [1.165, 1.54) is 43.2 Å². The van der Waals surface area contributed by atoms with Gasteiger partial charge in [-0.15, -0.1) is 0 Å². The molecule has 0 aliphatic heterocycles. The summed E-state index contributed by atoms with van der Waals surface area (Å²) in [6, 6.07) is 8.58. The maximum Gasteiger partial charge on any atom is 0.0758 e. The first-order valence-corrected chi connectivity index (χ1v) is 7.52. The second kappa shape index (κ2) is 4.70. The molecule has 0 saturated heterocycles. The van der Waals surface area contributed by atoms with E-state index in [1.807, 2.05) is 0 Å². The molecule has 0 spiro atoms. The highest BCUT2D eigenvalue weighted by atomic mass is 16.3. The molecule has 2 unspecified atom stereocenters. The van der Waals surface area contributed by atoms with E-state index in [-0.39, 0.29) is 0 Å². The highest BCUT2D eigenvalue weighted by Crippen LogP contribution is 2.45. The smallest absolute Gasteiger partial charge is 0.0758 e. The summed E-state index contributed by atoms with van der Waals surface area (Å²) in [5, 5.41) is 11.1. The maximum atomic E-state index is 11.1. The van der Waals surface area contributed by atoms with Crippen LogP contribution in [0.4, 0.5) is 0 Å². The third kappa shape index (κ3) is 1.99. The summed E-state index contributed by atoms with van der Waals surface area (Å²) in [5.74, 6) is 1.25. The van der Waals surface area contributed by atoms with Crippen molar-refractivity contribution < 1.29 is 5.11 Å². The lowest BCUT2D eigenvalue weighted by Gasteiger charge is -2.41. The Morgan fingerprint density at radius 3 is 2.33 bits per heavy atom. The van der Waals surface area contributed by atoms with Gasteiger partial charge in [-0.2, -0.15) is 0 Å². The summed E-state index contributed by atoms with van der Waals surface area (Å²) < 4.78 is 0. The van der Waals surface area contributed by atoms with Crippen LogP contribution in [0.25, 0.3) is 0 Å². The second-order valence-corrected chi connectivity index (χ2v) is 6.29. The van der Waals surface area contributed by atoms with Gasteiger partial charge in [0.2, 0.25) is 0 Å². The zero-order chi connectivity index (χ0) is 12.6. The van der Waals surface area contributed by atoms with Gasteiger partial charge in [0, 0.05) is 12.8 Å². The van der Waals surface area contributed by atoms with Gasteiger partial charge in [-0.1, -0.05) is 56.9 Å². The molecule has 0 aromatic heterocycles. The van der Waals surface area contributed by atoms with Crippen molar-refractivity contribution in [2.75, 3.05) is 0 Å². The molecule has 1 N–H and O–H groups in total. The standard InChI is InChI=1S/C17H24O/c1-2-13-7-5-6-10-16(13)17(18)11-14-8-3-4-9-15(14)12-17/h3-4,8-9,13,16,18H,2,5-7,10-12H2,1H3. The highest BCUT2D eigenvalue weighted by Gasteiger charge is 2.45. The first-order valence-electron chi connectivity index (χ1n) is 7.52. The number of aliphatic hydroxyl groups is 1. The molecular formula is C17H24O. The molecule has 1 saturated carbocycles. The van der Waals surface area contributed by atoms with Crippen molar-refractivity contribution in [2.45, 2.75) is 57.5 Å². The lowest BCUT2D eigenvalue weighted by Crippen LogP contribution is -2.44. The normalized spacial score (nSPS) is 30.1. The van der Waals surface area contributed by atoms with Crippen LogP contribution in [0.3, 0.4) is 0 Å². The van der Waals surface area contributed by atoms with Gasteiger partial charge < -0.3 is 5.11 Å². The van der Waals surface area contributed by atoms with E-state index in [4.69, 9.17) is 0 Å². The molecule has 1 heteroatoms. The lowest BCUT2D eigenvalue weighted by atomic mass is 9.68. The van der Waals surface area contributed by atoms with Gasteiger partial charge in [0.15, 0.2) is 0 Å². The van der Waals surface area contributed by atoms with Crippen LogP contribution < -0.4 is 0 Å². The van der Waals surface area contributed by atoms with Crippen LogP contribution in [-0.2, 0) is 12.8 Å². The van der Waals surface area contributed by atoms with Gasteiger partial charge in [-0.05, 0) is 29.4 Å². The van der Waals surface area contributed by atoms with E-state index in [2.05, 4.69) is 31.2 Å². The number of rotatable bonds is 2. The largest absolute Gasteiger partial charge is 0.389 e. The highest BCUT2D eigenvalue weighted by molar-refractivity contribution is 5.35. The van der Waals surface area contributed by atoms with Crippen molar-refractivity contribution in [2.24, 2.45) is 11.8 Å². The molecule has 0 heterocycles. The molecule has 1 fully saturated rings. The Morgan fingerprint density at radius 1 is 1.11 bits per heavy atom. The summed E-state index contributed by atoms with van der Waals surface area (Å²) in [7, 11) is 0. The Bertz CT molecular complexity index is 398. The Morgan fingerprint density at radius 2 is 1.72 bits per heavy atom. The third-order valence-corrected chi connectivity index (χ3v) is 5.24. The van der Waals surface area contributed by atoms with Crippen LogP contribution in [0.2, 0.25) is 0 Å². The van der Waals surface area contributed by atoms with E-state index >= 15 is 0 Å². The van der Waals surface area contributed by atoms with E-state index in [0.717, 1.165) is 18.8 Å². The number of benzene rings is 1. The molecule has 98 valence electrons. The molecule has 2 atom stereocenters. The van der Waals surface area contributed by atoms with Crippen LogP contribution >= 0.6 is 0 Å². The zero-order valence-electron chi connectivity index (χ0n) is 11.4. The van der Waals surface area contributed by atoms with Crippen molar-refractivity contribution in [1.82, 2.24) is 0 Å². The van der Waals surface area contributed by atoms with Gasteiger partial charge in [-0.25, -0.2) is 0 Å². The molecule has 1 aromatic carbocycles. The average Bonchev–Trinajstić information content (AvgIpc) is 2.76. The topological polar surface area (TPSA) is 20.2 Å². The predicted molar refractivity (Wildman–Crippen MR) is 74.5 cm³/mol. The predicted octanol–water partition coefficient (Wildman–Crippen LogP) is 3.73. The lowest BCUT2D eigenvalue weighted by molar-refractivity contribution is -0.0500. The van der Waals surface area contributed by atoms with Crippen molar-refractivity contribution >= 4 is 0 Å². The van der Waals surface area contributed by atoms with Gasteiger partial charge in [0.05, 0.1) is 5.60 Å². The van der Waals surface area contributed by atoms with Crippen LogP contribution in [0.5, 0.6) is 0 Å². The molecular weight excluding hydrogens is 220 g/mol. The van der Waals surface area contributed by atoms with Crippen LogP contribution in [0, 0.1) is 11.8 Å². The Labute approximate surface area is 110 Å². The maximum absolute atomic E-state index is 11.1. The van der Waals surface area contributed by atoms with E-state index in [0.29, 0.717) is 5.92 Å². The number of fused-ring (bicyclic) bond motifs is 1. The number of hydrogen-bond donors (Lipinski definition) is 1. The van der Waals surface area contributed by atoms with Gasteiger partial charge in [0.1, 0.15) is 0 Å². The van der Waals surface area contributed by atoms with E-state index < -0.39 is 5.60 Å². The minimum Gasteiger partial charge on any atom is -0.389 e. The van der Waals surface area contributed by atoms with Crippen molar-refractivity contribution in [3.63, 3.8) is 0 Å². The minimum absolute atomic E-state index is 0.454. The van der Waals surface area contributed by atoms with E-state index in [9.17, 15) is 5.11 Å². The van der Waals surface area contributed by atoms with Crippen molar-refractivity contribution in [3.8, 4) is 0 Å². The quantitative estimate of drug-likeness (QED) is 0.840. The van der Waals surface area contributed by atoms with Crippen molar-refractivity contribution in [1.29, 1.82) is 0 Å². The molecule has 1 aromatic rings. The Kier molecular flexibility index (Phi) is 3.19. The minimum atomic E-state index is -0.454. The molecule has 1 nitrogen and oxygen atoms in total. The Balaban J connectivity index is 1.84. The molecule has 0 radical (unpaired) electrons. The van der Waals surface area contributed by atoms with E-state index in [1.54, 1.807) is 0 Å². The molecule has 0 amide bonds. The molecule has 18 heavy (non-hydrogen) atoms. The fourth-order valence-electron chi connectivity index (χ4n) is 4.29. The monoisotopic (exact) mass is 244 g/mol. The summed E-state index contributed by atoms with van der Waals surface area (Å²) in [5.41, 5.74) is 2.30. The second-order valence-electron chi connectivity index (χ2n) is 6.29. The molecule has 2 aliphatic rings. The van der Waals surface area contributed by atoms with Crippen molar-refractivity contribution in [3.05, 3.63) is 35.4 Å². The Hall–Kier alpha value is -0.820. The fraction of sp³-hybridized carbons (Fsp3) is 0.647. The third-order valence-electron chi connectivity index (χ3n) is 5.24. The summed E-state index contributed by atoms with van der Waals surface area (Å²) in [6.07, 6.45) is 8.19.